The second-order valence-electron chi connectivity index (χ2n) is 3.95. The summed E-state index contributed by atoms with van der Waals surface area (Å²) < 4.78 is 5.02. The number of hydrogen-bond donors (Lipinski definition) is 1. The van der Waals surface area contributed by atoms with Gasteiger partial charge in [0.25, 0.3) is 0 Å². The van der Waals surface area contributed by atoms with Crippen LogP contribution in [0.2, 0.25) is 5.02 Å². The normalized spacial score (nSPS) is 24.5. The van der Waals surface area contributed by atoms with Crippen molar-refractivity contribution in [1.82, 2.24) is 0 Å². The number of ether oxygens (including phenoxy) is 1. The van der Waals surface area contributed by atoms with E-state index in [-0.39, 0.29) is 12.6 Å². The average Bonchev–Trinajstić information content (AvgIpc) is 2.63. The Morgan fingerprint density at radius 3 is 2.56 bits per heavy atom. The van der Waals surface area contributed by atoms with Crippen LogP contribution in [0.4, 0.5) is 0 Å². The van der Waals surface area contributed by atoms with Gasteiger partial charge in [0.15, 0.2) is 0 Å². The molecule has 0 radical (unpaired) electrons. The van der Waals surface area contributed by atoms with Gasteiger partial charge in [0.05, 0.1) is 12.0 Å². The number of aliphatic hydroxyl groups is 1. The molecule has 1 aliphatic rings. The molecule has 1 unspecified atom stereocenters. The summed E-state index contributed by atoms with van der Waals surface area (Å²) in [5.74, 6) is -0.246. The molecule has 1 saturated heterocycles. The van der Waals surface area contributed by atoms with E-state index in [4.69, 9.17) is 21.4 Å². The van der Waals surface area contributed by atoms with Crippen LogP contribution in [0.25, 0.3) is 0 Å². The summed E-state index contributed by atoms with van der Waals surface area (Å²) in [6, 6.07) is 7.15. The van der Waals surface area contributed by atoms with Crippen molar-refractivity contribution in [1.29, 1.82) is 0 Å². The van der Waals surface area contributed by atoms with E-state index >= 15 is 0 Å². The SMILES string of the molecule is O=C1OCCC1(CCO)c1ccc(Cl)cc1. The highest BCUT2D eigenvalue weighted by molar-refractivity contribution is 6.30. The van der Waals surface area contributed by atoms with Crippen molar-refractivity contribution >= 4 is 17.6 Å². The summed E-state index contributed by atoms with van der Waals surface area (Å²) in [6.07, 6.45) is 1.02. The van der Waals surface area contributed by atoms with Gasteiger partial charge in [-0.2, -0.15) is 0 Å². The van der Waals surface area contributed by atoms with Crippen molar-refractivity contribution < 1.29 is 14.6 Å². The molecule has 0 aromatic heterocycles. The minimum absolute atomic E-state index is 0.0300. The number of carbonyl (C=O) groups is 1. The fourth-order valence-corrected chi connectivity index (χ4v) is 2.28. The Morgan fingerprint density at radius 2 is 2.06 bits per heavy atom. The van der Waals surface area contributed by atoms with Crippen molar-refractivity contribution in [3.8, 4) is 0 Å². The predicted molar refractivity (Wildman–Crippen MR) is 60.4 cm³/mol. The molecule has 0 aliphatic carbocycles. The molecule has 1 N–H and O–H groups in total. The van der Waals surface area contributed by atoms with Gasteiger partial charge in [-0.3, -0.25) is 4.79 Å². The number of hydrogen-bond acceptors (Lipinski definition) is 3. The van der Waals surface area contributed by atoms with Gasteiger partial charge < -0.3 is 9.84 Å². The number of cyclic esters (lactones) is 1. The van der Waals surface area contributed by atoms with Gasteiger partial charge in [0.1, 0.15) is 0 Å². The molecule has 16 heavy (non-hydrogen) atoms. The van der Waals surface area contributed by atoms with Crippen molar-refractivity contribution in [2.24, 2.45) is 0 Å². The van der Waals surface area contributed by atoms with Crippen LogP contribution in [0.3, 0.4) is 0 Å². The van der Waals surface area contributed by atoms with Crippen LogP contribution in [0.15, 0.2) is 24.3 Å². The summed E-state index contributed by atoms with van der Waals surface area (Å²) >= 11 is 5.81. The lowest BCUT2D eigenvalue weighted by atomic mass is 9.77. The van der Waals surface area contributed by atoms with E-state index in [1.54, 1.807) is 12.1 Å². The molecule has 0 amide bonds. The molecule has 3 nitrogen and oxygen atoms in total. The van der Waals surface area contributed by atoms with Crippen LogP contribution < -0.4 is 0 Å². The monoisotopic (exact) mass is 240 g/mol. The summed E-state index contributed by atoms with van der Waals surface area (Å²) in [5.41, 5.74) is 0.188. The number of halogens is 1. The first-order chi connectivity index (χ1) is 7.69. The lowest BCUT2D eigenvalue weighted by Gasteiger charge is -2.24. The van der Waals surface area contributed by atoms with E-state index in [1.165, 1.54) is 0 Å². The molecule has 1 heterocycles. The Bertz CT molecular complexity index is 388. The van der Waals surface area contributed by atoms with E-state index < -0.39 is 5.41 Å². The van der Waals surface area contributed by atoms with E-state index in [1.807, 2.05) is 12.1 Å². The third-order valence-corrected chi connectivity index (χ3v) is 3.34. The lowest BCUT2D eigenvalue weighted by Crippen LogP contribution is -2.32. The summed E-state index contributed by atoms with van der Waals surface area (Å²) in [7, 11) is 0. The van der Waals surface area contributed by atoms with Crippen molar-refractivity contribution in [2.45, 2.75) is 18.3 Å². The Balaban J connectivity index is 2.39. The average molecular weight is 241 g/mol. The Labute approximate surface area is 99.0 Å². The van der Waals surface area contributed by atoms with Crippen LogP contribution in [0, 0.1) is 0 Å². The van der Waals surface area contributed by atoms with Crippen molar-refractivity contribution in [3.05, 3.63) is 34.9 Å². The maximum atomic E-state index is 11.8. The molecule has 0 bridgehead atoms. The quantitative estimate of drug-likeness (QED) is 0.821. The lowest BCUT2D eigenvalue weighted by molar-refractivity contribution is -0.143. The van der Waals surface area contributed by atoms with Crippen LogP contribution in [0.5, 0.6) is 0 Å². The molecule has 1 aromatic rings. The summed E-state index contributed by atoms with van der Waals surface area (Å²) in [4.78, 5) is 11.8. The predicted octanol–water partition coefficient (Wildman–Crippen LogP) is 1.91. The second kappa shape index (κ2) is 4.44. The van der Waals surface area contributed by atoms with E-state index in [2.05, 4.69) is 0 Å². The highest BCUT2D eigenvalue weighted by atomic mass is 35.5. The molecule has 1 atom stereocenters. The van der Waals surface area contributed by atoms with Crippen LogP contribution in [0.1, 0.15) is 18.4 Å². The zero-order chi connectivity index (χ0) is 11.6. The van der Waals surface area contributed by atoms with Gasteiger partial charge in [-0.25, -0.2) is 0 Å². The fourth-order valence-electron chi connectivity index (χ4n) is 2.15. The number of rotatable bonds is 3. The largest absolute Gasteiger partial charge is 0.465 e. The van der Waals surface area contributed by atoms with Crippen LogP contribution in [-0.4, -0.2) is 24.3 Å². The Hall–Kier alpha value is -1.06. The minimum Gasteiger partial charge on any atom is -0.465 e. The van der Waals surface area contributed by atoms with E-state index in [0.717, 1.165) is 5.56 Å². The van der Waals surface area contributed by atoms with Gasteiger partial charge >= 0.3 is 5.97 Å². The Kier molecular flexibility index (Phi) is 3.17. The maximum absolute atomic E-state index is 11.8. The summed E-state index contributed by atoms with van der Waals surface area (Å²) in [5, 5.41) is 9.73. The Morgan fingerprint density at radius 1 is 1.38 bits per heavy atom. The highest BCUT2D eigenvalue weighted by Gasteiger charge is 2.45. The highest BCUT2D eigenvalue weighted by Crippen LogP contribution is 2.37. The molecule has 1 fully saturated rings. The molecular formula is C12H13ClO3. The molecule has 0 saturated carbocycles. The molecular weight excluding hydrogens is 228 g/mol. The molecule has 86 valence electrons. The first-order valence-electron chi connectivity index (χ1n) is 5.23. The van der Waals surface area contributed by atoms with E-state index in [9.17, 15) is 4.79 Å². The minimum atomic E-state index is -0.681. The number of esters is 1. The van der Waals surface area contributed by atoms with Gasteiger partial charge in [-0.1, -0.05) is 23.7 Å². The topological polar surface area (TPSA) is 46.5 Å². The smallest absolute Gasteiger partial charge is 0.316 e. The maximum Gasteiger partial charge on any atom is 0.316 e. The van der Waals surface area contributed by atoms with Gasteiger partial charge in [0.2, 0.25) is 0 Å². The first-order valence-corrected chi connectivity index (χ1v) is 5.61. The molecule has 4 heteroatoms. The zero-order valence-corrected chi connectivity index (χ0v) is 9.54. The fraction of sp³-hybridized carbons (Fsp3) is 0.417. The van der Waals surface area contributed by atoms with Gasteiger partial charge in [0, 0.05) is 18.1 Å². The van der Waals surface area contributed by atoms with E-state index in [0.29, 0.717) is 24.5 Å². The molecule has 1 aromatic carbocycles. The van der Waals surface area contributed by atoms with Crippen molar-refractivity contribution in [2.75, 3.05) is 13.2 Å². The third kappa shape index (κ3) is 1.81. The standard InChI is InChI=1S/C12H13ClO3/c13-10-3-1-9(2-4-10)12(5-7-14)6-8-16-11(12)15/h1-4,14H,5-8H2. The number of benzene rings is 1. The molecule has 0 spiro atoms. The van der Waals surface area contributed by atoms with Gasteiger partial charge in [-0.05, 0) is 24.1 Å². The zero-order valence-electron chi connectivity index (χ0n) is 8.78. The van der Waals surface area contributed by atoms with Crippen LogP contribution >= 0.6 is 11.6 Å². The summed E-state index contributed by atoms with van der Waals surface area (Å²) in [6.45, 7) is 0.388. The van der Waals surface area contributed by atoms with Crippen molar-refractivity contribution in [3.63, 3.8) is 0 Å². The molecule has 2 rings (SSSR count). The third-order valence-electron chi connectivity index (χ3n) is 3.09. The molecule has 1 aliphatic heterocycles. The number of aliphatic hydroxyl groups excluding tert-OH is 1. The van der Waals surface area contributed by atoms with Crippen LogP contribution in [-0.2, 0) is 14.9 Å². The van der Waals surface area contributed by atoms with Gasteiger partial charge in [-0.15, -0.1) is 0 Å². The second-order valence-corrected chi connectivity index (χ2v) is 4.38. The number of carbonyl (C=O) groups excluding carboxylic acids is 1. The first kappa shape index (κ1) is 11.4.